The first-order chi connectivity index (χ1) is 6.04. The molecule has 0 saturated carbocycles. The molecule has 0 bridgehead atoms. The molecular weight excluding hydrogens is 184 g/mol. The van der Waals surface area contributed by atoms with Gasteiger partial charge in [0.2, 0.25) is 5.78 Å². The van der Waals surface area contributed by atoms with E-state index in [0.29, 0.717) is 10.4 Å². The quantitative estimate of drug-likeness (QED) is 0.467. The van der Waals surface area contributed by atoms with Crippen molar-refractivity contribution in [2.75, 3.05) is 0 Å². The molecule has 0 N–H and O–H groups in total. The van der Waals surface area contributed by atoms with Crippen molar-refractivity contribution in [1.82, 2.24) is 0 Å². The standard InChI is InChI=1S/C10H8O2S/c1-4-6(3)13-10-7(4)8(11)5(2)9(10)12/h2H2,1,3H3. The summed E-state index contributed by atoms with van der Waals surface area (Å²) in [7, 11) is 0. The maximum absolute atomic E-state index is 11.5. The lowest BCUT2D eigenvalue weighted by Crippen LogP contribution is -1.99. The number of rotatable bonds is 0. The summed E-state index contributed by atoms with van der Waals surface area (Å²) in [5.74, 6) is -0.386. The van der Waals surface area contributed by atoms with Gasteiger partial charge >= 0.3 is 0 Å². The first kappa shape index (κ1) is 8.38. The molecule has 1 aliphatic rings. The predicted molar refractivity (Wildman–Crippen MR) is 51.6 cm³/mol. The number of thiophene rings is 1. The molecular formula is C10H8O2S. The first-order valence-corrected chi connectivity index (χ1v) is 4.74. The average molecular weight is 192 g/mol. The Morgan fingerprint density at radius 2 is 1.77 bits per heavy atom. The highest BCUT2D eigenvalue weighted by atomic mass is 32.1. The summed E-state index contributed by atoms with van der Waals surface area (Å²) in [4.78, 5) is 24.6. The number of aryl methyl sites for hydroxylation is 1. The number of ketones is 2. The monoisotopic (exact) mass is 192 g/mol. The normalized spacial score (nSPS) is 15.4. The molecule has 2 rings (SSSR count). The lowest BCUT2D eigenvalue weighted by atomic mass is 10.1. The van der Waals surface area contributed by atoms with E-state index in [4.69, 9.17) is 0 Å². The molecule has 0 saturated heterocycles. The summed E-state index contributed by atoms with van der Waals surface area (Å²) in [6, 6.07) is 0. The molecule has 13 heavy (non-hydrogen) atoms. The summed E-state index contributed by atoms with van der Waals surface area (Å²) >= 11 is 1.39. The third-order valence-corrected chi connectivity index (χ3v) is 3.57. The fourth-order valence-electron chi connectivity index (χ4n) is 1.45. The zero-order chi connectivity index (χ0) is 9.75. The molecule has 0 radical (unpaired) electrons. The van der Waals surface area contributed by atoms with Crippen LogP contribution in [0.3, 0.4) is 0 Å². The van der Waals surface area contributed by atoms with Gasteiger partial charge < -0.3 is 0 Å². The third kappa shape index (κ3) is 0.877. The summed E-state index contributed by atoms with van der Waals surface area (Å²) in [5, 5.41) is 0. The van der Waals surface area contributed by atoms with E-state index in [9.17, 15) is 9.59 Å². The van der Waals surface area contributed by atoms with Gasteiger partial charge in [-0.15, -0.1) is 11.3 Å². The Labute approximate surface area is 79.9 Å². The van der Waals surface area contributed by atoms with Crippen LogP contribution in [-0.2, 0) is 0 Å². The Morgan fingerprint density at radius 1 is 1.15 bits per heavy atom. The number of fused-ring (bicyclic) bond motifs is 1. The second-order valence-corrected chi connectivity index (χ2v) is 4.35. The van der Waals surface area contributed by atoms with Crippen LogP contribution in [0.5, 0.6) is 0 Å². The topological polar surface area (TPSA) is 34.1 Å². The fourth-order valence-corrected chi connectivity index (χ4v) is 2.58. The second-order valence-electron chi connectivity index (χ2n) is 3.12. The van der Waals surface area contributed by atoms with E-state index in [-0.39, 0.29) is 17.1 Å². The molecule has 1 aliphatic carbocycles. The van der Waals surface area contributed by atoms with Crippen molar-refractivity contribution in [1.29, 1.82) is 0 Å². The highest BCUT2D eigenvalue weighted by Gasteiger charge is 2.35. The zero-order valence-corrected chi connectivity index (χ0v) is 8.25. The molecule has 0 aromatic carbocycles. The highest BCUT2D eigenvalue weighted by molar-refractivity contribution is 7.15. The van der Waals surface area contributed by atoms with Gasteiger partial charge in [-0.05, 0) is 19.4 Å². The van der Waals surface area contributed by atoms with E-state index in [1.165, 1.54) is 11.3 Å². The maximum atomic E-state index is 11.5. The van der Waals surface area contributed by atoms with Crippen molar-refractivity contribution in [3.63, 3.8) is 0 Å². The van der Waals surface area contributed by atoms with Crippen LogP contribution in [0.25, 0.3) is 0 Å². The number of hydrogen-bond donors (Lipinski definition) is 0. The van der Waals surface area contributed by atoms with E-state index in [1.807, 2.05) is 13.8 Å². The van der Waals surface area contributed by atoms with E-state index in [2.05, 4.69) is 6.58 Å². The largest absolute Gasteiger partial charge is 0.288 e. The van der Waals surface area contributed by atoms with Crippen LogP contribution in [0, 0.1) is 13.8 Å². The Bertz CT molecular complexity index is 452. The van der Waals surface area contributed by atoms with Crippen molar-refractivity contribution in [2.45, 2.75) is 13.8 Å². The smallest absolute Gasteiger partial charge is 0.207 e. The van der Waals surface area contributed by atoms with Gasteiger partial charge in [0.05, 0.1) is 10.5 Å². The first-order valence-electron chi connectivity index (χ1n) is 3.92. The van der Waals surface area contributed by atoms with Gasteiger partial charge in [-0.3, -0.25) is 9.59 Å². The molecule has 0 spiro atoms. The van der Waals surface area contributed by atoms with Crippen LogP contribution in [-0.4, -0.2) is 11.6 Å². The number of Topliss-reactive ketones (excluding diaryl/α,β-unsaturated/α-hetero) is 2. The van der Waals surface area contributed by atoms with E-state index in [1.54, 1.807) is 0 Å². The predicted octanol–water partition coefficient (Wildman–Crippen LogP) is 2.30. The molecule has 0 atom stereocenters. The van der Waals surface area contributed by atoms with Gasteiger partial charge in [0.15, 0.2) is 5.78 Å². The fraction of sp³-hybridized carbons (Fsp3) is 0.200. The minimum absolute atomic E-state index is 0.115. The summed E-state index contributed by atoms with van der Waals surface area (Å²) < 4.78 is 0. The van der Waals surface area contributed by atoms with Gasteiger partial charge in [0, 0.05) is 10.4 Å². The number of carbonyl (C=O) groups excluding carboxylic acids is 2. The minimum atomic E-state index is -0.193. The minimum Gasteiger partial charge on any atom is -0.288 e. The van der Waals surface area contributed by atoms with Gasteiger partial charge in [0.25, 0.3) is 0 Å². The molecule has 3 heteroatoms. The Hall–Kier alpha value is -1.22. The lowest BCUT2D eigenvalue weighted by Gasteiger charge is -1.92. The second kappa shape index (κ2) is 2.39. The van der Waals surface area contributed by atoms with Gasteiger partial charge in [-0.2, -0.15) is 0 Å². The van der Waals surface area contributed by atoms with Crippen molar-refractivity contribution in [3.8, 4) is 0 Å². The number of hydrogen-bond acceptors (Lipinski definition) is 3. The highest BCUT2D eigenvalue weighted by Crippen LogP contribution is 2.35. The molecule has 1 heterocycles. The number of carbonyl (C=O) groups is 2. The summed E-state index contributed by atoms with van der Waals surface area (Å²) in [6.07, 6.45) is 0. The summed E-state index contributed by atoms with van der Waals surface area (Å²) in [5.41, 5.74) is 1.62. The van der Waals surface area contributed by atoms with Crippen LogP contribution in [0.1, 0.15) is 30.5 Å². The third-order valence-electron chi connectivity index (χ3n) is 2.37. The Kier molecular flexibility index (Phi) is 1.54. The molecule has 66 valence electrons. The van der Waals surface area contributed by atoms with Crippen molar-refractivity contribution in [3.05, 3.63) is 33.0 Å². The van der Waals surface area contributed by atoms with Crippen LogP contribution < -0.4 is 0 Å². The molecule has 0 aliphatic heterocycles. The molecule has 0 unspecified atom stereocenters. The van der Waals surface area contributed by atoms with Crippen LogP contribution >= 0.6 is 11.3 Å². The Balaban J connectivity index is 2.79. The molecule has 0 fully saturated rings. The van der Waals surface area contributed by atoms with Gasteiger partial charge in [-0.1, -0.05) is 6.58 Å². The zero-order valence-electron chi connectivity index (χ0n) is 7.43. The van der Waals surface area contributed by atoms with E-state index < -0.39 is 0 Å². The Morgan fingerprint density at radius 3 is 2.31 bits per heavy atom. The summed E-state index contributed by atoms with van der Waals surface area (Å²) in [6.45, 7) is 7.27. The van der Waals surface area contributed by atoms with E-state index >= 15 is 0 Å². The number of allylic oxidation sites excluding steroid dienone is 1. The van der Waals surface area contributed by atoms with Crippen molar-refractivity contribution >= 4 is 22.9 Å². The average Bonchev–Trinajstić information content (AvgIpc) is 2.48. The van der Waals surface area contributed by atoms with E-state index in [0.717, 1.165) is 10.4 Å². The van der Waals surface area contributed by atoms with Gasteiger partial charge in [0.1, 0.15) is 0 Å². The van der Waals surface area contributed by atoms with Crippen molar-refractivity contribution in [2.24, 2.45) is 0 Å². The molecule has 1 aromatic heterocycles. The van der Waals surface area contributed by atoms with Gasteiger partial charge in [-0.25, -0.2) is 0 Å². The SMILES string of the molecule is C=C1C(=O)c2sc(C)c(C)c2C1=O. The van der Waals surface area contributed by atoms with Crippen LogP contribution in [0.4, 0.5) is 0 Å². The maximum Gasteiger partial charge on any atom is 0.207 e. The lowest BCUT2D eigenvalue weighted by molar-refractivity contribution is 0.0990. The van der Waals surface area contributed by atoms with Crippen molar-refractivity contribution < 1.29 is 9.59 Å². The molecule has 1 aromatic rings. The van der Waals surface area contributed by atoms with Crippen LogP contribution in [0.2, 0.25) is 0 Å². The molecule has 2 nitrogen and oxygen atoms in total. The van der Waals surface area contributed by atoms with Crippen LogP contribution in [0.15, 0.2) is 12.2 Å². The molecule has 0 amide bonds.